The van der Waals surface area contributed by atoms with Crippen LogP contribution in [0.4, 0.5) is 10.8 Å². The van der Waals surface area contributed by atoms with Crippen molar-refractivity contribution >= 4 is 28.1 Å². The number of ether oxygens (including phenoxy) is 2. The fraction of sp³-hybridized carbons (Fsp3) is 0.120. The minimum Gasteiger partial charge on any atom is -0.489 e. The Hall–Kier alpha value is -3.64. The van der Waals surface area contributed by atoms with Crippen molar-refractivity contribution in [1.82, 2.24) is 4.98 Å². The van der Waals surface area contributed by atoms with Crippen molar-refractivity contribution in [1.29, 1.82) is 0 Å². The summed E-state index contributed by atoms with van der Waals surface area (Å²) in [7, 11) is 0. The molecule has 0 bridgehead atoms. The second-order valence-electron chi connectivity index (χ2n) is 6.87. The zero-order valence-electron chi connectivity index (χ0n) is 17.1. The van der Waals surface area contributed by atoms with Crippen LogP contribution in [-0.2, 0) is 11.4 Å². The van der Waals surface area contributed by atoms with Crippen molar-refractivity contribution in [2.75, 3.05) is 11.5 Å². The molecule has 0 radical (unpaired) electrons. The first-order valence-electron chi connectivity index (χ1n) is 9.89. The van der Waals surface area contributed by atoms with Gasteiger partial charge < -0.3 is 9.47 Å². The third kappa shape index (κ3) is 5.49. The number of nitrogens with zero attached hydrogens (tertiary/aromatic N) is 2. The predicted molar refractivity (Wildman–Crippen MR) is 123 cm³/mol. The average molecular weight is 431 g/mol. The van der Waals surface area contributed by atoms with Crippen LogP contribution in [0.15, 0.2) is 90.3 Å². The van der Waals surface area contributed by atoms with E-state index < -0.39 is 0 Å². The van der Waals surface area contributed by atoms with Crippen LogP contribution >= 0.6 is 11.3 Å². The Labute approximate surface area is 185 Å². The number of thiazole rings is 1. The summed E-state index contributed by atoms with van der Waals surface area (Å²) >= 11 is 1.43. The van der Waals surface area contributed by atoms with Crippen LogP contribution in [0.1, 0.15) is 11.3 Å². The van der Waals surface area contributed by atoms with Gasteiger partial charge in [-0.25, -0.2) is 4.98 Å². The van der Waals surface area contributed by atoms with Gasteiger partial charge in [-0.2, -0.15) is 0 Å². The number of aromatic nitrogens is 1. The van der Waals surface area contributed by atoms with Crippen LogP contribution < -0.4 is 14.4 Å². The van der Waals surface area contributed by atoms with Gasteiger partial charge in [0.15, 0.2) is 11.7 Å². The Morgan fingerprint density at radius 1 is 0.871 bits per heavy atom. The smallest absolute Gasteiger partial charge is 0.271 e. The predicted octanol–water partition coefficient (Wildman–Crippen LogP) is 5.77. The molecule has 1 heterocycles. The molecule has 0 saturated carbocycles. The summed E-state index contributed by atoms with van der Waals surface area (Å²) in [5.41, 5.74) is 2.74. The molecule has 0 saturated heterocycles. The normalized spacial score (nSPS) is 10.5. The second kappa shape index (κ2) is 9.91. The number of anilines is 2. The van der Waals surface area contributed by atoms with Gasteiger partial charge in [0, 0.05) is 5.38 Å². The van der Waals surface area contributed by atoms with Gasteiger partial charge in [0.05, 0.1) is 11.4 Å². The number of hydrogen-bond acceptors (Lipinski definition) is 5. The van der Waals surface area contributed by atoms with E-state index in [1.807, 2.05) is 85.1 Å². The Morgan fingerprint density at radius 2 is 1.48 bits per heavy atom. The van der Waals surface area contributed by atoms with Gasteiger partial charge in [-0.15, -0.1) is 11.3 Å². The summed E-state index contributed by atoms with van der Waals surface area (Å²) in [6.45, 7) is 2.31. The largest absolute Gasteiger partial charge is 0.489 e. The van der Waals surface area contributed by atoms with Gasteiger partial charge >= 0.3 is 0 Å². The van der Waals surface area contributed by atoms with Gasteiger partial charge in [-0.3, -0.25) is 9.69 Å². The molecule has 1 amide bonds. The number of hydrogen-bond donors (Lipinski definition) is 0. The molecule has 156 valence electrons. The highest BCUT2D eigenvalue weighted by Gasteiger charge is 2.21. The summed E-state index contributed by atoms with van der Waals surface area (Å²) in [5.74, 6) is 1.15. The third-order valence-corrected chi connectivity index (χ3v) is 5.44. The molecule has 3 aromatic carbocycles. The SMILES string of the molecule is Cc1csc(N(C(=O)COc2ccc(OCc3ccccc3)cc2)c2ccccc2)n1. The van der Waals surface area contributed by atoms with Gasteiger partial charge in [-0.1, -0.05) is 48.5 Å². The molecule has 4 rings (SSSR count). The number of para-hydroxylation sites is 1. The summed E-state index contributed by atoms with van der Waals surface area (Å²) in [4.78, 5) is 19.1. The van der Waals surface area contributed by atoms with Crippen LogP contribution in [0.3, 0.4) is 0 Å². The first-order valence-corrected chi connectivity index (χ1v) is 10.8. The quantitative estimate of drug-likeness (QED) is 0.356. The standard InChI is InChI=1S/C25H22N2O3S/c1-19-18-31-25(26-19)27(21-10-6-3-7-11-21)24(28)17-30-23-14-12-22(13-15-23)29-16-20-8-4-2-5-9-20/h2-15,18H,16-17H2,1H3. The van der Waals surface area contributed by atoms with Crippen LogP contribution in [0.5, 0.6) is 11.5 Å². The summed E-state index contributed by atoms with van der Waals surface area (Å²) in [6.07, 6.45) is 0. The van der Waals surface area contributed by atoms with Crippen molar-refractivity contribution in [3.05, 3.63) is 102 Å². The Kier molecular flexibility index (Phi) is 6.59. The number of amides is 1. The number of rotatable bonds is 8. The zero-order chi connectivity index (χ0) is 21.5. The van der Waals surface area contributed by atoms with Crippen LogP contribution in [-0.4, -0.2) is 17.5 Å². The Morgan fingerprint density at radius 3 is 2.10 bits per heavy atom. The molecule has 6 heteroatoms. The topological polar surface area (TPSA) is 51.7 Å². The maximum absolute atomic E-state index is 13.0. The molecule has 5 nitrogen and oxygen atoms in total. The lowest BCUT2D eigenvalue weighted by Gasteiger charge is -2.20. The molecule has 0 aliphatic carbocycles. The molecular formula is C25H22N2O3S. The van der Waals surface area contributed by atoms with Crippen LogP contribution in [0.2, 0.25) is 0 Å². The van der Waals surface area contributed by atoms with E-state index >= 15 is 0 Å². The van der Waals surface area contributed by atoms with E-state index in [2.05, 4.69) is 4.98 Å². The lowest BCUT2D eigenvalue weighted by atomic mass is 10.2. The van der Waals surface area contributed by atoms with Crippen molar-refractivity contribution in [3.63, 3.8) is 0 Å². The highest BCUT2D eigenvalue weighted by atomic mass is 32.1. The lowest BCUT2D eigenvalue weighted by molar-refractivity contribution is -0.119. The zero-order valence-corrected chi connectivity index (χ0v) is 17.9. The van der Waals surface area contributed by atoms with Crippen molar-refractivity contribution in [2.24, 2.45) is 0 Å². The van der Waals surface area contributed by atoms with E-state index in [0.29, 0.717) is 17.5 Å². The lowest BCUT2D eigenvalue weighted by Crippen LogP contribution is -2.30. The highest BCUT2D eigenvalue weighted by Crippen LogP contribution is 2.29. The Balaban J connectivity index is 1.38. The van der Waals surface area contributed by atoms with Gasteiger partial charge in [0.2, 0.25) is 0 Å². The first kappa shape index (κ1) is 20.6. The van der Waals surface area contributed by atoms with Gasteiger partial charge in [-0.05, 0) is 48.9 Å². The van der Waals surface area contributed by atoms with E-state index in [-0.39, 0.29) is 12.5 Å². The Bertz CT molecular complexity index is 1110. The van der Waals surface area contributed by atoms with E-state index in [0.717, 1.165) is 22.7 Å². The van der Waals surface area contributed by atoms with Crippen molar-refractivity contribution < 1.29 is 14.3 Å². The summed E-state index contributed by atoms with van der Waals surface area (Å²) in [6, 6.07) is 26.7. The van der Waals surface area contributed by atoms with Crippen LogP contribution in [0, 0.1) is 6.92 Å². The highest BCUT2D eigenvalue weighted by molar-refractivity contribution is 7.14. The van der Waals surface area contributed by atoms with Crippen molar-refractivity contribution in [3.8, 4) is 11.5 Å². The van der Waals surface area contributed by atoms with Crippen LogP contribution in [0.25, 0.3) is 0 Å². The molecular weight excluding hydrogens is 408 g/mol. The van der Waals surface area contributed by atoms with E-state index in [4.69, 9.17) is 9.47 Å². The monoisotopic (exact) mass is 430 g/mol. The molecule has 0 unspecified atom stereocenters. The third-order valence-electron chi connectivity index (χ3n) is 4.50. The summed E-state index contributed by atoms with van der Waals surface area (Å²) in [5, 5.41) is 2.55. The molecule has 0 atom stereocenters. The molecule has 0 spiro atoms. The molecule has 31 heavy (non-hydrogen) atoms. The van der Waals surface area contributed by atoms with E-state index in [1.54, 1.807) is 17.0 Å². The fourth-order valence-corrected chi connectivity index (χ4v) is 3.80. The van der Waals surface area contributed by atoms with Crippen molar-refractivity contribution in [2.45, 2.75) is 13.5 Å². The first-order chi connectivity index (χ1) is 15.2. The summed E-state index contributed by atoms with van der Waals surface area (Å²) < 4.78 is 11.5. The minimum atomic E-state index is -0.190. The second-order valence-corrected chi connectivity index (χ2v) is 7.71. The molecule has 0 aliphatic rings. The van der Waals surface area contributed by atoms with Gasteiger partial charge in [0.1, 0.15) is 18.1 Å². The minimum absolute atomic E-state index is 0.0995. The fourth-order valence-electron chi connectivity index (χ4n) is 2.97. The molecule has 0 aliphatic heterocycles. The number of aryl methyl sites for hydroxylation is 1. The van der Waals surface area contributed by atoms with E-state index in [1.165, 1.54) is 11.3 Å². The molecule has 0 fully saturated rings. The molecule has 4 aromatic rings. The molecule has 1 aromatic heterocycles. The number of carbonyl (C=O) groups is 1. The average Bonchev–Trinajstić information content (AvgIpc) is 3.24. The van der Waals surface area contributed by atoms with Gasteiger partial charge in [0.25, 0.3) is 5.91 Å². The maximum Gasteiger partial charge on any atom is 0.271 e. The maximum atomic E-state index is 13.0. The van der Waals surface area contributed by atoms with E-state index in [9.17, 15) is 4.79 Å². The number of carbonyl (C=O) groups excluding carboxylic acids is 1. The number of benzene rings is 3. The molecule has 0 N–H and O–H groups in total.